The molecule has 2 amide bonds. The smallest absolute Gasteiger partial charge is 0.296 e. The third kappa shape index (κ3) is 3.37. The number of ketones is 1. The number of nitrogens with zero attached hydrogens (tertiary/aromatic N) is 2. The van der Waals surface area contributed by atoms with Gasteiger partial charge in [0.05, 0.1) is 31.9 Å². The van der Waals surface area contributed by atoms with Crippen LogP contribution in [0.3, 0.4) is 0 Å². The Morgan fingerprint density at radius 2 is 1.86 bits per heavy atom. The van der Waals surface area contributed by atoms with Crippen LogP contribution in [-0.4, -0.2) is 74.0 Å². The topological polar surface area (TPSA) is 91.6 Å². The predicted molar refractivity (Wildman–Crippen MR) is 125 cm³/mol. The maximum Gasteiger partial charge on any atom is 0.296 e. The first kappa shape index (κ1) is 23.2. The molecule has 9 heteroatoms. The lowest BCUT2D eigenvalue weighted by atomic mass is 9.82. The zero-order valence-electron chi connectivity index (χ0n) is 19.6. The van der Waals surface area contributed by atoms with Gasteiger partial charge in [-0.2, -0.15) is 0 Å². The number of ether oxygens (including phenoxy) is 1. The highest BCUT2D eigenvalue weighted by atomic mass is 19.1. The molecule has 0 aliphatic carbocycles. The van der Waals surface area contributed by atoms with E-state index in [1.54, 1.807) is 38.2 Å². The standard InChI is InChI=1S/C26H26FN3O5/c1-16-7-8-17(15-19(16)27)22(31)21-23(32)24(33)30(10-9-29-11-13-35-14-12-29)26(21)18-5-3-4-6-20(18)28(2)25(26)34/h3-8,15,31H,9-14H2,1-2H3/p+1/t26-/m0/s1. The molecule has 0 bridgehead atoms. The van der Waals surface area contributed by atoms with Crippen LogP contribution in [0, 0.1) is 12.7 Å². The Labute approximate surface area is 202 Å². The third-order valence-electron chi connectivity index (χ3n) is 7.27. The van der Waals surface area contributed by atoms with Crippen molar-refractivity contribution in [3.8, 4) is 0 Å². The number of anilines is 1. The lowest BCUT2D eigenvalue weighted by Crippen LogP contribution is -3.14. The monoisotopic (exact) mass is 480 g/mol. The molecule has 3 heterocycles. The van der Waals surface area contributed by atoms with Crippen LogP contribution in [0.4, 0.5) is 10.1 Å². The molecule has 2 aromatic rings. The summed E-state index contributed by atoms with van der Waals surface area (Å²) < 4.78 is 19.8. The summed E-state index contributed by atoms with van der Waals surface area (Å²) in [5.41, 5.74) is -0.765. The number of aryl methyl sites for hydroxylation is 1. The van der Waals surface area contributed by atoms with E-state index < -0.39 is 34.7 Å². The fraction of sp³-hybridized carbons (Fsp3) is 0.346. The summed E-state index contributed by atoms with van der Waals surface area (Å²) in [5.74, 6) is -3.46. The Morgan fingerprint density at radius 3 is 2.57 bits per heavy atom. The van der Waals surface area contributed by atoms with E-state index >= 15 is 0 Å². The number of carbonyl (C=O) groups is 3. The molecule has 2 fully saturated rings. The van der Waals surface area contributed by atoms with Gasteiger partial charge in [0.25, 0.3) is 17.6 Å². The highest BCUT2D eigenvalue weighted by Crippen LogP contribution is 2.53. The van der Waals surface area contributed by atoms with Crippen molar-refractivity contribution in [3.63, 3.8) is 0 Å². The number of nitrogens with one attached hydrogen (secondary N) is 1. The van der Waals surface area contributed by atoms with Crippen molar-refractivity contribution in [2.24, 2.45) is 0 Å². The molecular formula is C26H27FN3O5+. The molecule has 2 aromatic carbocycles. The van der Waals surface area contributed by atoms with Crippen LogP contribution in [0.5, 0.6) is 0 Å². The van der Waals surface area contributed by atoms with Gasteiger partial charge in [-0.15, -0.1) is 0 Å². The van der Waals surface area contributed by atoms with E-state index in [4.69, 9.17) is 4.74 Å². The summed E-state index contributed by atoms with van der Waals surface area (Å²) in [6.45, 7) is 4.93. The zero-order chi connectivity index (χ0) is 24.9. The van der Waals surface area contributed by atoms with Gasteiger partial charge < -0.3 is 24.5 Å². The number of morpholine rings is 1. The van der Waals surface area contributed by atoms with Gasteiger partial charge in [0, 0.05) is 23.9 Å². The van der Waals surface area contributed by atoms with Crippen molar-refractivity contribution in [1.29, 1.82) is 0 Å². The number of aliphatic hydroxyl groups is 1. The number of benzene rings is 2. The second-order valence-electron chi connectivity index (χ2n) is 9.18. The molecule has 3 aliphatic heterocycles. The maximum absolute atomic E-state index is 14.4. The molecule has 1 spiro atoms. The van der Waals surface area contributed by atoms with Gasteiger partial charge in [0.15, 0.2) is 5.54 Å². The van der Waals surface area contributed by atoms with Crippen molar-refractivity contribution in [2.75, 3.05) is 51.3 Å². The molecule has 8 nitrogen and oxygen atoms in total. The number of amides is 2. The Hall–Kier alpha value is -3.56. The van der Waals surface area contributed by atoms with Crippen LogP contribution in [0.2, 0.25) is 0 Å². The molecule has 0 radical (unpaired) electrons. The summed E-state index contributed by atoms with van der Waals surface area (Å²) >= 11 is 0. The first-order valence-corrected chi connectivity index (χ1v) is 11.6. The lowest BCUT2D eigenvalue weighted by Gasteiger charge is -2.35. The minimum absolute atomic E-state index is 0.0316. The van der Waals surface area contributed by atoms with Gasteiger partial charge in [0.1, 0.15) is 24.7 Å². The second kappa shape index (κ2) is 8.58. The van der Waals surface area contributed by atoms with E-state index in [0.717, 1.165) is 19.2 Å². The fourth-order valence-electron chi connectivity index (χ4n) is 5.34. The quantitative estimate of drug-likeness (QED) is 0.380. The van der Waals surface area contributed by atoms with Crippen LogP contribution in [0.25, 0.3) is 5.76 Å². The molecule has 35 heavy (non-hydrogen) atoms. The van der Waals surface area contributed by atoms with Crippen molar-refractivity contribution < 1.29 is 33.5 Å². The number of carbonyl (C=O) groups excluding carboxylic acids is 3. The number of hydrogen-bond donors (Lipinski definition) is 2. The van der Waals surface area contributed by atoms with E-state index in [1.165, 1.54) is 26.8 Å². The highest BCUT2D eigenvalue weighted by molar-refractivity contribution is 6.50. The van der Waals surface area contributed by atoms with E-state index in [0.29, 0.717) is 36.6 Å². The summed E-state index contributed by atoms with van der Waals surface area (Å²) in [6.07, 6.45) is 0. The Kier molecular flexibility index (Phi) is 5.69. The number of likely N-dealkylation sites (tertiary alicyclic amines) is 1. The van der Waals surface area contributed by atoms with Crippen molar-refractivity contribution in [2.45, 2.75) is 12.5 Å². The van der Waals surface area contributed by atoms with Crippen LogP contribution in [0.1, 0.15) is 16.7 Å². The van der Waals surface area contributed by atoms with Gasteiger partial charge in [-0.05, 0) is 24.6 Å². The molecule has 2 N–H and O–H groups in total. The minimum Gasteiger partial charge on any atom is -0.507 e. The number of halogens is 1. The molecule has 3 aliphatic rings. The molecule has 2 saturated heterocycles. The summed E-state index contributed by atoms with van der Waals surface area (Å²) in [4.78, 5) is 44.7. The van der Waals surface area contributed by atoms with E-state index in [9.17, 15) is 23.9 Å². The van der Waals surface area contributed by atoms with Crippen LogP contribution in [-0.2, 0) is 24.7 Å². The zero-order valence-corrected chi connectivity index (χ0v) is 19.6. The second-order valence-corrected chi connectivity index (χ2v) is 9.18. The van der Waals surface area contributed by atoms with Crippen molar-refractivity contribution in [1.82, 2.24) is 4.90 Å². The normalized spacial score (nSPS) is 24.0. The maximum atomic E-state index is 14.4. The first-order valence-electron chi connectivity index (χ1n) is 11.6. The number of aliphatic hydroxyl groups excluding tert-OH is 1. The minimum atomic E-state index is -1.82. The summed E-state index contributed by atoms with van der Waals surface area (Å²) in [6, 6.07) is 11.0. The van der Waals surface area contributed by atoms with Gasteiger partial charge >= 0.3 is 0 Å². The van der Waals surface area contributed by atoms with Crippen LogP contribution < -0.4 is 9.80 Å². The highest BCUT2D eigenvalue weighted by Gasteiger charge is 2.66. The number of fused-ring (bicyclic) bond motifs is 2. The number of rotatable bonds is 4. The van der Waals surface area contributed by atoms with Crippen molar-refractivity contribution in [3.05, 3.63) is 70.5 Å². The molecule has 0 aromatic heterocycles. The molecule has 0 saturated carbocycles. The number of quaternary nitrogens is 1. The van der Waals surface area contributed by atoms with Gasteiger partial charge in [-0.1, -0.05) is 30.3 Å². The number of Topliss-reactive ketones (excluding diaryl/α,β-unsaturated/α-hetero) is 1. The predicted octanol–water partition coefficient (Wildman–Crippen LogP) is 0.602. The molecule has 0 unspecified atom stereocenters. The third-order valence-corrected chi connectivity index (χ3v) is 7.27. The average molecular weight is 481 g/mol. The van der Waals surface area contributed by atoms with E-state index in [1.807, 2.05) is 0 Å². The number of hydrogen-bond acceptors (Lipinski definition) is 5. The Morgan fingerprint density at radius 1 is 1.14 bits per heavy atom. The average Bonchev–Trinajstić information content (AvgIpc) is 3.23. The largest absolute Gasteiger partial charge is 0.507 e. The van der Waals surface area contributed by atoms with Crippen molar-refractivity contribution >= 4 is 29.0 Å². The molecular weight excluding hydrogens is 453 g/mol. The fourth-order valence-corrected chi connectivity index (χ4v) is 5.34. The lowest BCUT2D eigenvalue weighted by molar-refractivity contribution is -0.907. The molecule has 1 atom stereocenters. The number of para-hydroxylation sites is 1. The Balaban J connectivity index is 1.70. The Bertz CT molecular complexity index is 1270. The van der Waals surface area contributed by atoms with Crippen LogP contribution in [0.15, 0.2) is 48.0 Å². The molecule has 5 rings (SSSR count). The SMILES string of the molecule is Cc1ccc(C(O)=C2C(=O)C(=O)N(CC[NH+]3CCOCC3)[C@]23C(=O)N(C)c2ccccc23)cc1F. The summed E-state index contributed by atoms with van der Waals surface area (Å²) in [5, 5.41) is 11.3. The van der Waals surface area contributed by atoms with Gasteiger partial charge in [-0.3, -0.25) is 14.4 Å². The number of likely N-dealkylation sites (N-methyl/N-ethyl adjacent to an activating group) is 1. The van der Waals surface area contributed by atoms with Crippen LogP contribution >= 0.6 is 0 Å². The van der Waals surface area contributed by atoms with E-state index in [2.05, 4.69) is 0 Å². The summed E-state index contributed by atoms with van der Waals surface area (Å²) in [7, 11) is 1.58. The van der Waals surface area contributed by atoms with Gasteiger partial charge in [0.2, 0.25) is 0 Å². The van der Waals surface area contributed by atoms with E-state index in [-0.39, 0.29) is 17.7 Å². The first-order chi connectivity index (χ1) is 16.8. The molecule has 182 valence electrons. The van der Waals surface area contributed by atoms with Gasteiger partial charge in [-0.25, -0.2) is 4.39 Å².